The van der Waals surface area contributed by atoms with E-state index in [-0.39, 0.29) is 88.6 Å². The Hall–Kier alpha value is -2.43. The van der Waals surface area contributed by atoms with Gasteiger partial charge in [-0.15, -0.1) is 0 Å². The standard InChI is InChI=1S/C14H20O.C10H21N3O2P2.C10H18N2O2P2.C10H21NO2P2.C7H14O/c1-11(15)13(14(2,3)4)10-12-8-6-5-7-9-12;1-10(2,3)7(8(14)15-16)5-4-6-13-9(11)17-12;1-10(2,3)8(9(13)14-16)4-7-5-11-6-12(7)15;1-10(2,3)8(9(12)13-14)6-4-5-7-15-11;1-6(8)5-7(2,3)4/h5-9,13H,10H2,1-4H3;7,12H,4-6,16H2,1-3H3,(H2,11,13);5-6,8H,4,15-16H2,1-3H3;8,11H,4-7,14H2,1-3H3;5H2,1-4H3. The fourth-order valence-corrected chi connectivity index (χ4v) is 8.51. The number of hydrogen-bond acceptors (Lipinski definition) is 12. The fraction of sp³-hybridized carbons (Fsp3) is 0.706. The summed E-state index contributed by atoms with van der Waals surface area (Å²) in [4.78, 5) is 65.0. The van der Waals surface area contributed by atoms with Crippen molar-refractivity contribution in [2.45, 2.75) is 169 Å². The number of hydrogen-bond donors (Lipinski definition) is 3. The van der Waals surface area contributed by atoms with E-state index in [1.165, 1.54) is 5.56 Å². The van der Waals surface area contributed by atoms with Gasteiger partial charge in [-0.1, -0.05) is 141 Å². The Kier molecular flexibility index (Phi) is 37.4. The minimum Gasteiger partial charge on any atom is -0.451 e. The van der Waals surface area contributed by atoms with Gasteiger partial charge >= 0.3 is 17.9 Å². The van der Waals surface area contributed by atoms with E-state index in [4.69, 9.17) is 29.6 Å². The third kappa shape index (κ3) is 36.2. The molecule has 0 amide bonds. The number of Topliss-reactive ketones (excluding diaryl/α,β-unsaturated/α-hetero) is 2. The molecule has 0 fully saturated rings. The van der Waals surface area contributed by atoms with Gasteiger partial charge in [-0.05, 0) is 96.4 Å². The van der Waals surface area contributed by atoms with Crippen LogP contribution in [0.15, 0.2) is 47.8 Å². The molecule has 1 heterocycles. The van der Waals surface area contributed by atoms with Crippen LogP contribution in [0.2, 0.25) is 0 Å². The molecule has 0 aliphatic carbocycles. The van der Waals surface area contributed by atoms with Crippen molar-refractivity contribution in [1.29, 1.82) is 10.3 Å². The Morgan fingerprint density at radius 2 is 1.11 bits per heavy atom. The maximum absolute atomic E-state index is 11.7. The molecule has 0 radical (unpaired) electrons. The van der Waals surface area contributed by atoms with Crippen molar-refractivity contribution in [1.82, 2.24) is 9.32 Å². The van der Waals surface area contributed by atoms with Gasteiger partial charge in [0, 0.05) is 43.4 Å². The molecule has 1 aromatic carbocycles. The van der Waals surface area contributed by atoms with Crippen molar-refractivity contribution in [2.75, 3.05) is 12.7 Å². The summed E-state index contributed by atoms with van der Waals surface area (Å²) in [5.74, 6) is -0.259. The van der Waals surface area contributed by atoms with Crippen LogP contribution in [0.4, 0.5) is 0 Å². The van der Waals surface area contributed by atoms with Crippen molar-refractivity contribution in [2.24, 2.45) is 61.5 Å². The summed E-state index contributed by atoms with van der Waals surface area (Å²) < 4.78 is 16.1. The van der Waals surface area contributed by atoms with Crippen molar-refractivity contribution < 1.29 is 37.5 Å². The first-order valence-corrected chi connectivity index (χ1v) is 27.9. The zero-order valence-corrected chi connectivity index (χ0v) is 52.7. The van der Waals surface area contributed by atoms with Crippen LogP contribution in [0.1, 0.15) is 167 Å². The van der Waals surface area contributed by atoms with Crippen LogP contribution in [0.3, 0.4) is 0 Å². The number of nitrogens with two attached hydrogens (primary N) is 1. The Morgan fingerprint density at radius 3 is 1.44 bits per heavy atom. The van der Waals surface area contributed by atoms with E-state index in [1.54, 1.807) is 26.4 Å². The van der Waals surface area contributed by atoms with Crippen LogP contribution in [0.25, 0.3) is 0 Å². The van der Waals surface area contributed by atoms with Gasteiger partial charge in [0.2, 0.25) is 0 Å². The lowest BCUT2D eigenvalue weighted by molar-refractivity contribution is -0.142. The Balaban J connectivity index is -0.000000827. The van der Waals surface area contributed by atoms with Gasteiger partial charge in [0.05, 0.1) is 60.9 Å². The van der Waals surface area contributed by atoms with Gasteiger partial charge < -0.3 is 28.4 Å². The number of aliphatic imine (C=N–C) groups is 1. The molecule has 20 heteroatoms. The minimum atomic E-state index is -0.210. The number of carbonyl (C=O) groups excluding carboxylic acids is 5. The molecule has 0 saturated carbocycles. The minimum absolute atomic E-state index is 0.0433. The van der Waals surface area contributed by atoms with Crippen LogP contribution in [-0.2, 0) is 50.4 Å². The molecule has 0 aliphatic heterocycles. The number of ketones is 2. The lowest BCUT2D eigenvalue weighted by Gasteiger charge is -2.28. The molecular formula is C51H94N6O8P6. The number of imidazole rings is 1. The highest BCUT2D eigenvalue weighted by Crippen LogP contribution is 2.34. The number of unbranched alkanes of at least 4 members (excludes halogenated alkanes) is 1. The molecule has 0 spiro atoms. The monoisotopic (exact) mass is 1100 g/mol. The highest BCUT2D eigenvalue weighted by Gasteiger charge is 2.34. The summed E-state index contributed by atoms with van der Waals surface area (Å²) in [6.07, 6.45) is 10.9. The highest BCUT2D eigenvalue weighted by molar-refractivity contribution is 7.47. The normalized spacial score (nSPS) is 13.7. The average Bonchev–Trinajstić information content (AvgIpc) is 3.66. The summed E-state index contributed by atoms with van der Waals surface area (Å²) in [5, 5.41) is 14.0. The summed E-state index contributed by atoms with van der Waals surface area (Å²) in [5.41, 5.74) is 7.87. The number of nitrogens with zero attached hydrogens (tertiary/aromatic N) is 3. The number of nitrogens with one attached hydrogen (secondary N) is 2. The third-order valence-electron chi connectivity index (χ3n) is 11.1. The second-order valence-electron chi connectivity index (χ2n) is 23.1. The molecule has 0 aliphatic rings. The van der Waals surface area contributed by atoms with Crippen molar-refractivity contribution in [3.63, 3.8) is 0 Å². The first kappa shape index (κ1) is 72.8. The largest absolute Gasteiger partial charge is 0.451 e. The van der Waals surface area contributed by atoms with Gasteiger partial charge in [-0.2, -0.15) is 0 Å². The molecule has 4 N–H and O–H groups in total. The smallest absolute Gasteiger partial charge is 0.311 e. The van der Waals surface area contributed by atoms with Gasteiger partial charge in [0.15, 0.2) is 5.58 Å². The number of amidine groups is 1. The van der Waals surface area contributed by atoms with Gasteiger partial charge in [0.1, 0.15) is 11.6 Å². The molecule has 1 aromatic heterocycles. The Morgan fingerprint density at radius 1 is 0.676 bits per heavy atom. The Labute approximate surface area is 442 Å². The van der Waals surface area contributed by atoms with Crippen LogP contribution in [0.5, 0.6) is 0 Å². The van der Waals surface area contributed by atoms with E-state index >= 15 is 0 Å². The summed E-state index contributed by atoms with van der Waals surface area (Å²) in [6, 6.07) is 10.2. The molecule has 0 bridgehead atoms. The average molecular weight is 1110 g/mol. The quantitative estimate of drug-likeness (QED) is 0.0523. The fourth-order valence-electron chi connectivity index (χ4n) is 7.22. The predicted octanol–water partition coefficient (Wildman–Crippen LogP) is 14.2. The lowest BCUT2D eigenvalue weighted by Crippen LogP contribution is -2.31. The number of rotatable bonds is 19. The maximum Gasteiger partial charge on any atom is 0.311 e. The molecule has 2 rings (SSSR count). The second-order valence-corrected chi connectivity index (χ2v) is 25.8. The highest BCUT2D eigenvalue weighted by atomic mass is 31.1. The van der Waals surface area contributed by atoms with Crippen LogP contribution >= 0.6 is 54.5 Å². The molecule has 406 valence electrons. The van der Waals surface area contributed by atoms with E-state index in [2.05, 4.69) is 93.8 Å². The van der Waals surface area contributed by atoms with Crippen LogP contribution in [-0.4, -0.2) is 57.1 Å². The summed E-state index contributed by atoms with van der Waals surface area (Å²) in [6.45, 7) is 34.7. The summed E-state index contributed by atoms with van der Waals surface area (Å²) >= 11 is 0. The van der Waals surface area contributed by atoms with E-state index in [9.17, 15) is 24.0 Å². The molecule has 0 saturated heterocycles. The SMILES string of the molecule is CC(=O)C(Cc1ccccc1)C(C)(C)C.CC(=O)CC(C)(C)C.CC(C)(C)C(CCCCP=N)C(=O)OP.CC(C)(C)C(CCCN=C(N)P=N)C(=O)OP.CC(C)(C)C(Cc1cncn1P)C(=O)OP. The van der Waals surface area contributed by atoms with Gasteiger partial charge in [0.25, 0.3) is 0 Å². The predicted molar refractivity (Wildman–Crippen MR) is 310 cm³/mol. The number of carbonyl (C=O) groups is 5. The van der Waals surface area contributed by atoms with Crippen LogP contribution in [0, 0.1) is 61.1 Å². The van der Waals surface area contributed by atoms with Crippen molar-refractivity contribution >= 4 is 89.6 Å². The van der Waals surface area contributed by atoms with Gasteiger partial charge in [-0.25, -0.2) is 4.98 Å². The lowest BCUT2D eigenvalue weighted by atomic mass is 9.75. The van der Waals surface area contributed by atoms with Crippen molar-refractivity contribution in [3.8, 4) is 0 Å². The molecule has 14 nitrogen and oxygen atoms in total. The molecular weight excluding hydrogens is 1010 g/mol. The Bertz CT molecular complexity index is 1910. The topological polar surface area (TPSA) is 217 Å². The maximum atomic E-state index is 11.7. The summed E-state index contributed by atoms with van der Waals surface area (Å²) in [7, 11) is 9.52. The molecule has 71 heavy (non-hydrogen) atoms. The first-order valence-electron chi connectivity index (χ1n) is 24.0. The van der Waals surface area contributed by atoms with E-state index in [0.717, 1.165) is 44.0 Å². The van der Waals surface area contributed by atoms with Crippen LogP contribution < -0.4 is 5.73 Å². The van der Waals surface area contributed by atoms with E-state index in [1.807, 2.05) is 92.5 Å². The van der Waals surface area contributed by atoms with E-state index < -0.39 is 0 Å². The van der Waals surface area contributed by atoms with Gasteiger partial charge in [-0.3, -0.25) is 34.5 Å². The first-order chi connectivity index (χ1) is 32.4. The number of benzene rings is 1. The molecule has 8 atom stereocenters. The number of aromatic nitrogens is 2. The van der Waals surface area contributed by atoms with E-state index in [0.29, 0.717) is 39.8 Å². The zero-order valence-electron chi connectivity index (χ0n) is 46.3. The van der Waals surface area contributed by atoms with Crippen molar-refractivity contribution in [3.05, 3.63) is 54.1 Å². The molecule has 2 aromatic rings. The zero-order chi connectivity index (χ0) is 56.0. The molecule has 8 unspecified atom stereocenters. The third-order valence-corrected chi connectivity index (χ3v) is 13.2. The second kappa shape index (κ2) is 36.5.